The van der Waals surface area contributed by atoms with Crippen molar-refractivity contribution in [2.75, 3.05) is 18.5 Å². The highest BCUT2D eigenvalue weighted by Crippen LogP contribution is 2.31. The highest BCUT2D eigenvalue weighted by molar-refractivity contribution is 6.05. The zero-order valence-electron chi connectivity index (χ0n) is 14.2. The van der Waals surface area contributed by atoms with Crippen molar-refractivity contribution in [2.24, 2.45) is 0 Å². The van der Waals surface area contributed by atoms with Crippen LogP contribution in [-0.4, -0.2) is 28.9 Å². The zero-order valence-corrected chi connectivity index (χ0v) is 14.2. The molecule has 1 aromatic carbocycles. The van der Waals surface area contributed by atoms with E-state index in [4.69, 9.17) is 5.41 Å². The Kier molecular flexibility index (Phi) is 5.79. The molecule has 0 saturated carbocycles. The Bertz CT molecular complexity index is 843. The fraction of sp³-hybridized carbons (Fsp3) is 0.353. The molecule has 5 nitrogen and oxygen atoms in total. The summed E-state index contributed by atoms with van der Waals surface area (Å²) in [6.07, 6.45) is -4.44. The lowest BCUT2D eigenvalue weighted by Gasteiger charge is -2.17. The Balaban J connectivity index is 2.37. The number of hydrogen-bond donors (Lipinski definition) is 3. The molecule has 0 saturated heterocycles. The van der Waals surface area contributed by atoms with Crippen LogP contribution in [0.5, 0.6) is 0 Å². The molecule has 0 spiro atoms. The summed E-state index contributed by atoms with van der Waals surface area (Å²) in [6, 6.07) is 4.46. The van der Waals surface area contributed by atoms with Crippen LogP contribution in [0.3, 0.4) is 0 Å². The van der Waals surface area contributed by atoms with Crippen LogP contribution in [0.15, 0.2) is 29.1 Å². The molecule has 0 aliphatic heterocycles. The van der Waals surface area contributed by atoms with Gasteiger partial charge in [0.25, 0.3) is 5.56 Å². The minimum atomic E-state index is -4.44. The van der Waals surface area contributed by atoms with Gasteiger partial charge in [0.1, 0.15) is 23.9 Å². The van der Waals surface area contributed by atoms with E-state index in [0.29, 0.717) is 5.56 Å². The largest absolute Gasteiger partial charge is 0.416 e. The third-order valence-electron chi connectivity index (χ3n) is 3.86. The molecule has 2 rings (SSSR count). The molecule has 26 heavy (non-hydrogen) atoms. The SMILES string of the molecule is Cc1nc(C(=N)C(C)c2ccc(C(F)(F)F)cc2)c(NCCF)c(=O)[nH]1. The van der Waals surface area contributed by atoms with Crippen molar-refractivity contribution in [3.63, 3.8) is 0 Å². The number of aromatic nitrogens is 2. The van der Waals surface area contributed by atoms with Crippen molar-refractivity contribution in [3.05, 3.63) is 57.3 Å². The molecule has 0 amide bonds. The van der Waals surface area contributed by atoms with Gasteiger partial charge in [-0.2, -0.15) is 13.2 Å². The average Bonchev–Trinajstić information content (AvgIpc) is 2.58. The summed E-state index contributed by atoms with van der Waals surface area (Å²) >= 11 is 0. The number of aromatic amines is 1. The van der Waals surface area contributed by atoms with Crippen molar-refractivity contribution in [3.8, 4) is 0 Å². The second kappa shape index (κ2) is 7.67. The van der Waals surface area contributed by atoms with Crippen LogP contribution in [0.25, 0.3) is 0 Å². The summed E-state index contributed by atoms with van der Waals surface area (Å²) in [6.45, 7) is 2.33. The van der Waals surface area contributed by atoms with Crippen molar-refractivity contribution in [1.82, 2.24) is 9.97 Å². The third kappa shape index (κ3) is 4.27. The number of nitrogens with zero attached hydrogens (tertiary/aromatic N) is 1. The fourth-order valence-corrected chi connectivity index (χ4v) is 2.45. The summed E-state index contributed by atoms with van der Waals surface area (Å²) in [5.41, 5.74) is -0.885. The molecule has 0 aliphatic carbocycles. The minimum Gasteiger partial charge on any atom is -0.376 e. The van der Waals surface area contributed by atoms with Gasteiger partial charge in [-0.25, -0.2) is 9.37 Å². The second-order valence-corrected chi connectivity index (χ2v) is 5.75. The maximum Gasteiger partial charge on any atom is 0.416 e. The van der Waals surface area contributed by atoms with E-state index in [1.165, 1.54) is 12.1 Å². The first-order valence-corrected chi connectivity index (χ1v) is 7.82. The van der Waals surface area contributed by atoms with Crippen LogP contribution in [0.2, 0.25) is 0 Å². The maximum absolute atomic E-state index is 12.7. The predicted octanol–water partition coefficient (Wildman–Crippen LogP) is 3.65. The lowest BCUT2D eigenvalue weighted by Crippen LogP contribution is -2.25. The Hall–Kier alpha value is -2.71. The van der Waals surface area contributed by atoms with E-state index in [0.717, 1.165) is 12.1 Å². The first kappa shape index (κ1) is 19.6. The first-order valence-electron chi connectivity index (χ1n) is 7.82. The van der Waals surface area contributed by atoms with Crippen LogP contribution in [0.1, 0.15) is 35.5 Å². The van der Waals surface area contributed by atoms with Gasteiger partial charge in [0, 0.05) is 12.5 Å². The third-order valence-corrected chi connectivity index (χ3v) is 3.86. The Morgan fingerprint density at radius 3 is 2.46 bits per heavy atom. The Morgan fingerprint density at radius 1 is 1.31 bits per heavy atom. The first-order chi connectivity index (χ1) is 12.1. The lowest BCUT2D eigenvalue weighted by atomic mass is 9.92. The molecule has 1 atom stereocenters. The lowest BCUT2D eigenvalue weighted by molar-refractivity contribution is -0.137. The van der Waals surface area contributed by atoms with E-state index in [9.17, 15) is 22.4 Å². The van der Waals surface area contributed by atoms with Gasteiger partial charge in [-0.1, -0.05) is 19.1 Å². The van der Waals surface area contributed by atoms with Gasteiger partial charge in [0.05, 0.1) is 11.3 Å². The second-order valence-electron chi connectivity index (χ2n) is 5.75. The smallest absolute Gasteiger partial charge is 0.376 e. The summed E-state index contributed by atoms with van der Waals surface area (Å²) in [7, 11) is 0. The number of H-pyrrole nitrogens is 1. The van der Waals surface area contributed by atoms with Crippen molar-refractivity contribution < 1.29 is 17.6 Å². The molecule has 1 unspecified atom stereocenters. The van der Waals surface area contributed by atoms with E-state index >= 15 is 0 Å². The molecule has 140 valence electrons. The van der Waals surface area contributed by atoms with Gasteiger partial charge in [0.2, 0.25) is 0 Å². The topological polar surface area (TPSA) is 81.6 Å². The average molecular weight is 370 g/mol. The number of aryl methyl sites for hydroxylation is 1. The number of benzene rings is 1. The predicted molar refractivity (Wildman–Crippen MR) is 90.7 cm³/mol. The quantitative estimate of drug-likeness (QED) is 0.536. The van der Waals surface area contributed by atoms with Gasteiger partial charge < -0.3 is 15.7 Å². The van der Waals surface area contributed by atoms with Crippen LogP contribution >= 0.6 is 0 Å². The number of alkyl halides is 4. The maximum atomic E-state index is 12.7. The van der Waals surface area contributed by atoms with Gasteiger partial charge in [-0.05, 0) is 24.6 Å². The zero-order chi connectivity index (χ0) is 19.5. The number of rotatable bonds is 6. The summed E-state index contributed by atoms with van der Waals surface area (Å²) < 4.78 is 50.5. The number of halogens is 4. The summed E-state index contributed by atoms with van der Waals surface area (Å²) in [5, 5.41) is 11.0. The fourth-order valence-electron chi connectivity index (χ4n) is 2.45. The van der Waals surface area contributed by atoms with E-state index in [1.807, 2.05) is 0 Å². The van der Waals surface area contributed by atoms with Crippen molar-refractivity contribution in [1.29, 1.82) is 5.41 Å². The standard InChI is InChI=1S/C17H18F4N4O/c1-9(11-3-5-12(6-4-11)17(19,20)21)13(22)14-15(23-8-7-18)16(26)25-10(2)24-14/h3-6,9,22-23H,7-8H2,1-2H3,(H,24,25,26). The normalized spacial score (nSPS) is 12.7. The summed E-state index contributed by atoms with van der Waals surface area (Å²) in [5.74, 6) is -0.336. The van der Waals surface area contributed by atoms with Gasteiger partial charge in [0.15, 0.2) is 0 Å². The van der Waals surface area contributed by atoms with Gasteiger partial charge >= 0.3 is 6.18 Å². The number of anilines is 1. The Labute approximate surface area is 147 Å². The van der Waals surface area contributed by atoms with Gasteiger partial charge in [-0.15, -0.1) is 0 Å². The van der Waals surface area contributed by atoms with Crippen LogP contribution in [-0.2, 0) is 6.18 Å². The van der Waals surface area contributed by atoms with E-state index in [1.54, 1.807) is 13.8 Å². The molecule has 3 N–H and O–H groups in total. The molecule has 0 aliphatic rings. The monoisotopic (exact) mass is 370 g/mol. The molecule has 2 aromatic rings. The molecular weight excluding hydrogens is 352 g/mol. The highest BCUT2D eigenvalue weighted by Gasteiger charge is 2.30. The van der Waals surface area contributed by atoms with Crippen LogP contribution < -0.4 is 10.9 Å². The van der Waals surface area contributed by atoms with Crippen LogP contribution in [0, 0.1) is 12.3 Å². The van der Waals surface area contributed by atoms with Crippen molar-refractivity contribution >= 4 is 11.4 Å². The molecular formula is C17H18F4N4O. The molecule has 1 aromatic heterocycles. The van der Waals surface area contributed by atoms with Gasteiger partial charge in [-0.3, -0.25) is 4.79 Å². The summed E-state index contributed by atoms with van der Waals surface area (Å²) in [4.78, 5) is 18.7. The number of nitrogens with one attached hydrogen (secondary N) is 3. The van der Waals surface area contributed by atoms with Crippen molar-refractivity contribution in [2.45, 2.75) is 25.9 Å². The van der Waals surface area contributed by atoms with E-state index < -0.39 is 29.9 Å². The molecule has 0 fully saturated rings. The Morgan fingerprint density at radius 2 is 1.92 bits per heavy atom. The molecule has 0 radical (unpaired) electrons. The number of hydrogen-bond acceptors (Lipinski definition) is 4. The molecule has 9 heteroatoms. The minimum absolute atomic E-state index is 0.0305. The van der Waals surface area contributed by atoms with Crippen LogP contribution in [0.4, 0.5) is 23.2 Å². The van der Waals surface area contributed by atoms with E-state index in [-0.39, 0.29) is 29.5 Å². The molecule has 0 bridgehead atoms. The molecule has 1 heterocycles. The van der Waals surface area contributed by atoms with E-state index in [2.05, 4.69) is 15.3 Å². The highest BCUT2D eigenvalue weighted by atomic mass is 19.4.